The average Bonchev–Trinajstić information content (AvgIpc) is 3.28. The number of thiazole rings is 1. The number of ether oxygens (including phenoxy) is 1. The normalized spacial score (nSPS) is 24.2. The zero-order valence-corrected chi connectivity index (χ0v) is 19.2. The van der Waals surface area contributed by atoms with Crippen LogP contribution in [0.4, 0.5) is 28.3 Å². The van der Waals surface area contributed by atoms with Crippen LogP contribution in [0.3, 0.4) is 0 Å². The molecule has 0 saturated carbocycles. The number of alkyl halides is 2. The fourth-order valence-corrected chi connectivity index (χ4v) is 4.63. The van der Waals surface area contributed by atoms with Crippen LogP contribution in [-0.2, 0) is 11.8 Å². The summed E-state index contributed by atoms with van der Waals surface area (Å²) in [7, 11) is 1.52. The Balaban J connectivity index is 1.63. The zero-order valence-electron chi connectivity index (χ0n) is 18.4. The van der Waals surface area contributed by atoms with Crippen LogP contribution < -0.4 is 16.8 Å². The summed E-state index contributed by atoms with van der Waals surface area (Å²) in [5.41, 5.74) is 9.44. The van der Waals surface area contributed by atoms with Crippen LogP contribution in [0, 0.1) is 11.6 Å². The molecule has 3 heterocycles. The summed E-state index contributed by atoms with van der Waals surface area (Å²) in [6, 6.07) is 3.32. The number of rotatable bonds is 4. The number of nitrogen functional groups attached to an aromatic ring is 1. The molecule has 1 aromatic carbocycles. The van der Waals surface area contributed by atoms with E-state index in [9.17, 15) is 22.4 Å². The molecule has 1 fully saturated rings. The number of benzene rings is 1. The van der Waals surface area contributed by atoms with E-state index in [0.29, 0.717) is 0 Å². The third kappa shape index (κ3) is 3.93. The molecule has 8 nitrogen and oxygen atoms in total. The SMILES string of the molecule is C[C@H]1OC(c2c(NC(=O)c3nc(-c4c(F)cccc4F)sc3N)cnn2C)CC(F)(F)[C@@]1(C)N. The van der Waals surface area contributed by atoms with E-state index in [4.69, 9.17) is 16.2 Å². The van der Waals surface area contributed by atoms with Gasteiger partial charge in [-0.25, -0.2) is 22.5 Å². The smallest absolute Gasteiger partial charge is 0.277 e. The second kappa shape index (κ2) is 8.32. The van der Waals surface area contributed by atoms with Crippen molar-refractivity contribution >= 4 is 27.9 Å². The number of nitrogens with one attached hydrogen (secondary N) is 1. The fourth-order valence-electron chi connectivity index (χ4n) is 3.76. The van der Waals surface area contributed by atoms with Crippen LogP contribution in [0.5, 0.6) is 0 Å². The molecule has 0 bridgehead atoms. The summed E-state index contributed by atoms with van der Waals surface area (Å²) in [6.07, 6.45) is -1.55. The maximum absolute atomic E-state index is 14.7. The molecule has 182 valence electrons. The van der Waals surface area contributed by atoms with Crippen LogP contribution in [-0.4, -0.2) is 38.2 Å². The van der Waals surface area contributed by atoms with Crippen molar-refractivity contribution in [2.45, 2.75) is 43.9 Å². The largest absolute Gasteiger partial charge is 0.389 e. The molecule has 0 spiro atoms. The van der Waals surface area contributed by atoms with Gasteiger partial charge < -0.3 is 21.5 Å². The number of carbonyl (C=O) groups excluding carboxylic acids is 1. The number of hydrogen-bond acceptors (Lipinski definition) is 7. The highest BCUT2D eigenvalue weighted by Crippen LogP contribution is 2.46. The number of carbonyl (C=O) groups is 1. The molecule has 1 aliphatic heterocycles. The minimum Gasteiger partial charge on any atom is -0.389 e. The van der Waals surface area contributed by atoms with Gasteiger partial charge in [0.2, 0.25) is 0 Å². The van der Waals surface area contributed by atoms with Gasteiger partial charge in [-0.1, -0.05) is 17.4 Å². The highest BCUT2D eigenvalue weighted by molar-refractivity contribution is 7.19. The van der Waals surface area contributed by atoms with Gasteiger partial charge in [0.05, 0.1) is 29.2 Å². The van der Waals surface area contributed by atoms with E-state index >= 15 is 0 Å². The number of nitrogens with two attached hydrogens (primary N) is 2. The summed E-state index contributed by atoms with van der Waals surface area (Å²) in [6.45, 7) is 2.68. The minimum atomic E-state index is -3.25. The Kier molecular flexibility index (Phi) is 5.90. The van der Waals surface area contributed by atoms with Crippen molar-refractivity contribution < 1.29 is 27.1 Å². The fraction of sp³-hybridized carbons (Fsp3) is 0.381. The van der Waals surface area contributed by atoms with Gasteiger partial charge in [-0.2, -0.15) is 5.10 Å². The van der Waals surface area contributed by atoms with Crippen molar-refractivity contribution in [3.8, 4) is 10.6 Å². The van der Waals surface area contributed by atoms with Crippen LogP contribution in [0.2, 0.25) is 0 Å². The predicted molar refractivity (Wildman–Crippen MR) is 118 cm³/mol. The predicted octanol–water partition coefficient (Wildman–Crippen LogP) is 3.86. The zero-order chi connectivity index (χ0) is 25.0. The van der Waals surface area contributed by atoms with Crippen LogP contribution in [0.15, 0.2) is 24.4 Å². The lowest BCUT2D eigenvalue weighted by atomic mass is 9.82. The topological polar surface area (TPSA) is 121 Å². The van der Waals surface area contributed by atoms with Crippen molar-refractivity contribution in [1.82, 2.24) is 14.8 Å². The molecule has 0 radical (unpaired) electrons. The summed E-state index contributed by atoms with van der Waals surface area (Å²) in [4.78, 5) is 16.9. The van der Waals surface area contributed by atoms with Gasteiger partial charge in [-0.3, -0.25) is 9.48 Å². The molecule has 2 aromatic heterocycles. The molecule has 1 saturated heterocycles. The lowest BCUT2D eigenvalue weighted by Crippen LogP contribution is -2.64. The van der Waals surface area contributed by atoms with E-state index < -0.39 is 53.2 Å². The highest BCUT2D eigenvalue weighted by atomic mass is 32.1. The number of hydrogen-bond donors (Lipinski definition) is 3. The third-order valence-electron chi connectivity index (χ3n) is 6.03. The molecule has 13 heteroatoms. The van der Waals surface area contributed by atoms with Crippen molar-refractivity contribution in [1.29, 1.82) is 0 Å². The molecular weight excluding hydrogens is 476 g/mol. The molecule has 1 unspecified atom stereocenters. The molecule has 34 heavy (non-hydrogen) atoms. The number of aryl methyl sites for hydroxylation is 1. The molecule has 3 aromatic rings. The maximum Gasteiger partial charge on any atom is 0.277 e. The van der Waals surface area contributed by atoms with E-state index in [1.165, 1.54) is 37.8 Å². The Morgan fingerprint density at radius 1 is 1.32 bits per heavy atom. The molecule has 0 aliphatic carbocycles. The third-order valence-corrected chi connectivity index (χ3v) is 6.93. The Hall–Kier alpha value is -3.03. The highest BCUT2D eigenvalue weighted by Gasteiger charge is 2.57. The van der Waals surface area contributed by atoms with E-state index in [0.717, 1.165) is 23.5 Å². The van der Waals surface area contributed by atoms with Gasteiger partial charge in [0, 0.05) is 13.5 Å². The molecule has 1 amide bonds. The molecule has 1 aliphatic rings. The van der Waals surface area contributed by atoms with Gasteiger partial charge in [-0.05, 0) is 26.0 Å². The van der Waals surface area contributed by atoms with Gasteiger partial charge in [0.1, 0.15) is 33.3 Å². The van der Waals surface area contributed by atoms with E-state index in [1.54, 1.807) is 0 Å². The first kappa shape index (κ1) is 24.1. The number of aromatic nitrogens is 3. The second-order valence-corrected chi connectivity index (χ2v) is 9.34. The van der Waals surface area contributed by atoms with Crippen molar-refractivity contribution in [2.24, 2.45) is 12.8 Å². The van der Waals surface area contributed by atoms with Crippen molar-refractivity contribution in [3.63, 3.8) is 0 Å². The monoisotopic (exact) mass is 498 g/mol. The van der Waals surface area contributed by atoms with Crippen LogP contribution in [0.25, 0.3) is 10.6 Å². The maximum atomic E-state index is 14.7. The first-order chi connectivity index (χ1) is 15.8. The van der Waals surface area contributed by atoms with Gasteiger partial charge in [0.15, 0.2) is 5.69 Å². The summed E-state index contributed by atoms with van der Waals surface area (Å²) >= 11 is 0.739. The standard InChI is InChI=1S/C21H22F4N6O2S/c1-9-20(2,27)21(24,25)7-13(33-9)16-12(8-28-31(16)3)29-18(32)15-17(26)34-19(30-15)14-10(22)5-4-6-11(14)23/h4-6,8-9,13H,7,26-27H2,1-3H3,(H,29,32)/t9-,13?,20+/m1/s1. The van der Waals surface area contributed by atoms with Crippen molar-refractivity contribution in [2.75, 3.05) is 11.1 Å². The van der Waals surface area contributed by atoms with E-state index in [-0.39, 0.29) is 27.1 Å². The second-order valence-electron chi connectivity index (χ2n) is 8.31. The molecule has 3 atom stereocenters. The van der Waals surface area contributed by atoms with Gasteiger partial charge >= 0.3 is 0 Å². The van der Waals surface area contributed by atoms with Crippen LogP contribution >= 0.6 is 11.3 Å². The summed E-state index contributed by atoms with van der Waals surface area (Å²) < 4.78 is 64.8. The summed E-state index contributed by atoms with van der Waals surface area (Å²) in [5.74, 6) is -5.76. The molecule has 4 rings (SSSR count). The molecule has 5 N–H and O–H groups in total. The number of anilines is 2. The van der Waals surface area contributed by atoms with Gasteiger partial charge in [-0.15, -0.1) is 0 Å². The Morgan fingerprint density at radius 3 is 2.59 bits per heavy atom. The average molecular weight is 499 g/mol. The van der Waals surface area contributed by atoms with E-state index in [1.807, 2.05) is 0 Å². The quantitative estimate of drug-likeness (QED) is 0.470. The number of nitrogens with zero attached hydrogens (tertiary/aromatic N) is 3. The Bertz CT molecular complexity index is 1240. The molecular formula is C21H22F4N6O2S. The lowest BCUT2D eigenvalue weighted by Gasteiger charge is -2.46. The van der Waals surface area contributed by atoms with E-state index in [2.05, 4.69) is 15.4 Å². The first-order valence-electron chi connectivity index (χ1n) is 10.2. The van der Waals surface area contributed by atoms with Gasteiger partial charge in [0.25, 0.3) is 11.8 Å². The van der Waals surface area contributed by atoms with Crippen molar-refractivity contribution in [3.05, 3.63) is 47.4 Å². The number of amides is 1. The minimum absolute atomic E-state index is 0.0754. The number of halogens is 4. The Morgan fingerprint density at radius 2 is 1.97 bits per heavy atom. The first-order valence-corrected chi connectivity index (χ1v) is 11.0. The van der Waals surface area contributed by atoms with Crippen LogP contribution in [0.1, 0.15) is 42.6 Å². The Labute approximate surface area is 195 Å². The lowest BCUT2D eigenvalue weighted by molar-refractivity contribution is -0.211. The summed E-state index contributed by atoms with van der Waals surface area (Å²) in [5, 5.41) is 6.39.